The Kier molecular flexibility index (Phi) is 5.77. The highest BCUT2D eigenvalue weighted by Crippen LogP contribution is 1.97. The van der Waals surface area contributed by atoms with Gasteiger partial charge in [-0.1, -0.05) is 26.0 Å². The molecule has 0 saturated carbocycles. The van der Waals surface area contributed by atoms with Crippen molar-refractivity contribution in [3.05, 3.63) is 12.2 Å². The van der Waals surface area contributed by atoms with Gasteiger partial charge in [0.25, 0.3) is 0 Å². The molecule has 0 spiro atoms. The molecule has 0 heterocycles. The van der Waals surface area contributed by atoms with Crippen LogP contribution in [0.3, 0.4) is 0 Å². The number of rotatable bonds is 3. The quantitative estimate of drug-likeness (QED) is 0.557. The maximum absolute atomic E-state index is 5.13. The highest BCUT2D eigenvalue weighted by atomic mass is 32.1. The van der Waals surface area contributed by atoms with E-state index in [1.807, 2.05) is 0 Å². The molecule has 0 saturated heterocycles. The maximum Gasteiger partial charge on any atom is 0.166 e. The van der Waals surface area contributed by atoms with Gasteiger partial charge in [0.1, 0.15) is 0 Å². The third-order valence-electron chi connectivity index (χ3n) is 1.39. The first kappa shape index (κ1) is 13.4. The summed E-state index contributed by atoms with van der Waals surface area (Å²) in [5, 5.41) is 7.04. The largest absolute Gasteiger partial charge is 0.359 e. The Balaban J connectivity index is 3.66. The normalized spacial score (nSPS) is 12.1. The van der Waals surface area contributed by atoms with Crippen LogP contribution in [0, 0.1) is 5.92 Å². The lowest BCUT2D eigenvalue weighted by Gasteiger charge is -2.22. The molecule has 82 valence electrons. The summed E-state index contributed by atoms with van der Waals surface area (Å²) in [4.78, 5) is 0. The Labute approximate surface area is 93.2 Å². The topological polar surface area (TPSA) is 24.1 Å². The van der Waals surface area contributed by atoms with E-state index in [0.29, 0.717) is 11.0 Å². The van der Waals surface area contributed by atoms with Crippen molar-refractivity contribution in [2.24, 2.45) is 5.92 Å². The van der Waals surface area contributed by atoms with Gasteiger partial charge in [0, 0.05) is 12.1 Å². The first-order valence-corrected chi connectivity index (χ1v) is 5.45. The minimum absolute atomic E-state index is 0.0336. The van der Waals surface area contributed by atoms with Gasteiger partial charge in [-0.3, -0.25) is 0 Å². The Morgan fingerprint density at radius 3 is 2.36 bits per heavy atom. The standard InChI is InChI=1S/C11H22N2S/c1-9(2)7-6-8-12-10(14)13-11(3,4)5/h6-7,9H,8H2,1-5H3,(H2,12,13,14)/b7-6+. The summed E-state index contributed by atoms with van der Waals surface area (Å²) >= 11 is 5.13. The summed E-state index contributed by atoms with van der Waals surface area (Å²) in [6.45, 7) is 11.4. The highest BCUT2D eigenvalue weighted by molar-refractivity contribution is 7.80. The van der Waals surface area contributed by atoms with Gasteiger partial charge in [0.15, 0.2) is 5.11 Å². The van der Waals surface area contributed by atoms with E-state index in [4.69, 9.17) is 12.2 Å². The summed E-state index contributed by atoms with van der Waals surface area (Å²) in [7, 11) is 0. The predicted octanol–water partition coefficient (Wildman–Crippen LogP) is 2.46. The lowest BCUT2D eigenvalue weighted by molar-refractivity contribution is 0.508. The van der Waals surface area contributed by atoms with Gasteiger partial charge < -0.3 is 10.6 Å². The zero-order chi connectivity index (χ0) is 11.2. The summed E-state index contributed by atoms with van der Waals surface area (Å²) in [5.41, 5.74) is 0.0336. The van der Waals surface area contributed by atoms with Crippen LogP contribution in [0.2, 0.25) is 0 Å². The van der Waals surface area contributed by atoms with Gasteiger partial charge in [-0.25, -0.2) is 0 Å². The first-order valence-electron chi connectivity index (χ1n) is 5.04. The van der Waals surface area contributed by atoms with Crippen LogP contribution in [-0.4, -0.2) is 17.2 Å². The third kappa shape index (κ3) is 9.52. The molecule has 3 heteroatoms. The number of hydrogen-bond acceptors (Lipinski definition) is 1. The van der Waals surface area contributed by atoms with E-state index in [0.717, 1.165) is 6.54 Å². The Morgan fingerprint density at radius 2 is 1.93 bits per heavy atom. The lowest BCUT2D eigenvalue weighted by atomic mass is 10.1. The van der Waals surface area contributed by atoms with Crippen molar-refractivity contribution in [2.75, 3.05) is 6.54 Å². The molecule has 2 nitrogen and oxygen atoms in total. The van der Waals surface area contributed by atoms with Gasteiger partial charge in [0.05, 0.1) is 0 Å². The van der Waals surface area contributed by atoms with Crippen molar-refractivity contribution in [2.45, 2.75) is 40.2 Å². The lowest BCUT2D eigenvalue weighted by Crippen LogP contribution is -2.46. The molecule has 0 amide bonds. The van der Waals surface area contributed by atoms with E-state index in [1.165, 1.54) is 0 Å². The highest BCUT2D eigenvalue weighted by Gasteiger charge is 2.09. The minimum Gasteiger partial charge on any atom is -0.359 e. The molecule has 0 unspecified atom stereocenters. The first-order chi connectivity index (χ1) is 6.31. The molecular weight excluding hydrogens is 192 g/mol. The van der Waals surface area contributed by atoms with E-state index >= 15 is 0 Å². The van der Waals surface area contributed by atoms with Crippen LogP contribution in [-0.2, 0) is 0 Å². The van der Waals surface area contributed by atoms with Gasteiger partial charge >= 0.3 is 0 Å². The zero-order valence-corrected chi connectivity index (χ0v) is 10.7. The smallest absolute Gasteiger partial charge is 0.166 e. The Hall–Kier alpha value is -0.570. The van der Waals surface area contributed by atoms with Crippen LogP contribution in [0.1, 0.15) is 34.6 Å². The summed E-state index contributed by atoms with van der Waals surface area (Å²) in [6, 6.07) is 0. The average Bonchev–Trinajstić information content (AvgIpc) is 1.94. The fourth-order valence-electron chi connectivity index (χ4n) is 0.877. The van der Waals surface area contributed by atoms with Crippen molar-refractivity contribution in [3.8, 4) is 0 Å². The molecule has 0 aromatic carbocycles. The number of hydrogen-bond donors (Lipinski definition) is 2. The van der Waals surface area contributed by atoms with E-state index in [2.05, 4.69) is 57.4 Å². The van der Waals surface area contributed by atoms with Crippen molar-refractivity contribution in [1.82, 2.24) is 10.6 Å². The van der Waals surface area contributed by atoms with E-state index in [1.54, 1.807) is 0 Å². The molecule has 0 rings (SSSR count). The SMILES string of the molecule is CC(C)/C=C/CNC(=S)NC(C)(C)C. The van der Waals surface area contributed by atoms with Crippen LogP contribution >= 0.6 is 12.2 Å². The molecule has 0 fully saturated rings. The van der Waals surface area contributed by atoms with Crippen LogP contribution in [0.15, 0.2) is 12.2 Å². The van der Waals surface area contributed by atoms with Crippen LogP contribution in [0.5, 0.6) is 0 Å². The average molecular weight is 214 g/mol. The number of allylic oxidation sites excluding steroid dienone is 1. The molecule has 0 atom stereocenters. The zero-order valence-electron chi connectivity index (χ0n) is 9.85. The molecule has 0 aliphatic carbocycles. The summed E-state index contributed by atoms with van der Waals surface area (Å²) in [5.74, 6) is 0.598. The fourth-order valence-corrected chi connectivity index (χ4v) is 1.27. The fraction of sp³-hybridized carbons (Fsp3) is 0.727. The molecular formula is C11H22N2S. The van der Waals surface area contributed by atoms with Crippen LogP contribution in [0.4, 0.5) is 0 Å². The third-order valence-corrected chi connectivity index (χ3v) is 1.64. The molecule has 0 aromatic heterocycles. The van der Waals surface area contributed by atoms with Crippen LogP contribution in [0.25, 0.3) is 0 Å². The summed E-state index contributed by atoms with van der Waals surface area (Å²) in [6.07, 6.45) is 4.26. The van der Waals surface area contributed by atoms with Crippen molar-refractivity contribution >= 4 is 17.3 Å². The molecule has 0 aliphatic rings. The Bertz CT molecular complexity index is 202. The van der Waals surface area contributed by atoms with Gasteiger partial charge in [-0.15, -0.1) is 0 Å². The maximum atomic E-state index is 5.13. The van der Waals surface area contributed by atoms with Crippen LogP contribution < -0.4 is 10.6 Å². The molecule has 0 aliphatic heterocycles. The predicted molar refractivity (Wildman–Crippen MR) is 67.5 cm³/mol. The molecule has 0 aromatic rings. The van der Waals surface area contributed by atoms with E-state index in [9.17, 15) is 0 Å². The minimum atomic E-state index is 0.0336. The Morgan fingerprint density at radius 1 is 1.36 bits per heavy atom. The van der Waals surface area contributed by atoms with Crippen molar-refractivity contribution in [1.29, 1.82) is 0 Å². The summed E-state index contributed by atoms with van der Waals surface area (Å²) < 4.78 is 0. The monoisotopic (exact) mass is 214 g/mol. The molecule has 0 bridgehead atoms. The van der Waals surface area contributed by atoms with Crippen molar-refractivity contribution < 1.29 is 0 Å². The number of thiocarbonyl (C=S) groups is 1. The van der Waals surface area contributed by atoms with E-state index in [-0.39, 0.29) is 5.54 Å². The van der Waals surface area contributed by atoms with Crippen molar-refractivity contribution in [3.63, 3.8) is 0 Å². The second kappa shape index (κ2) is 6.02. The van der Waals surface area contributed by atoms with Gasteiger partial charge in [-0.2, -0.15) is 0 Å². The van der Waals surface area contributed by atoms with E-state index < -0.39 is 0 Å². The molecule has 2 N–H and O–H groups in total. The van der Waals surface area contributed by atoms with Gasteiger partial charge in [0.2, 0.25) is 0 Å². The second-order valence-electron chi connectivity index (χ2n) is 4.76. The second-order valence-corrected chi connectivity index (χ2v) is 5.17. The number of nitrogens with one attached hydrogen (secondary N) is 2. The van der Waals surface area contributed by atoms with Gasteiger partial charge in [-0.05, 0) is 38.9 Å². The molecule has 14 heavy (non-hydrogen) atoms. The molecule has 0 radical (unpaired) electrons.